The third-order valence-corrected chi connectivity index (χ3v) is 4.77. The minimum Gasteiger partial charge on any atom is -0.493 e. The second-order valence-corrected chi connectivity index (χ2v) is 6.54. The van der Waals surface area contributed by atoms with Crippen LogP contribution in [-0.4, -0.2) is 26.7 Å². The van der Waals surface area contributed by atoms with Gasteiger partial charge in [0.1, 0.15) is 5.75 Å². The lowest BCUT2D eigenvalue weighted by Gasteiger charge is -2.13. The monoisotopic (exact) mass is 427 g/mol. The fraction of sp³-hybridized carbons (Fsp3) is 0.278. The molecule has 0 spiro atoms. The second kappa shape index (κ2) is 8.97. The van der Waals surface area contributed by atoms with Crippen molar-refractivity contribution in [3.63, 3.8) is 0 Å². The van der Waals surface area contributed by atoms with Crippen LogP contribution in [0.5, 0.6) is 17.2 Å². The van der Waals surface area contributed by atoms with Gasteiger partial charge < -0.3 is 19.5 Å². The normalized spacial score (nSPS) is 10.3. The molecule has 0 unspecified atom stereocenters. The zero-order valence-corrected chi connectivity index (χ0v) is 16.5. The zero-order valence-electron chi connectivity index (χ0n) is 14.2. The van der Waals surface area contributed by atoms with E-state index in [-0.39, 0.29) is 19.1 Å². The maximum absolute atomic E-state index is 12.0. The Labute approximate surface area is 160 Å². The minimum absolute atomic E-state index is 0.0774. The highest BCUT2D eigenvalue weighted by Gasteiger charge is 2.11. The Kier molecular flexibility index (Phi) is 6.96. The first-order valence-corrected chi connectivity index (χ1v) is 8.67. The number of hydrogen-bond donors (Lipinski definition) is 1. The number of ether oxygens (including phenoxy) is 3. The van der Waals surface area contributed by atoms with Crippen LogP contribution >= 0.6 is 27.5 Å². The van der Waals surface area contributed by atoms with E-state index in [4.69, 9.17) is 25.8 Å². The average Bonchev–Trinajstić information content (AvgIpc) is 2.61. The van der Waals surface area contributed by atoms with Gasteiger partial charge in [-0.2, -0.15) is 0 Å². The largest absolute Gasteiger partial charge is 0.493 e. The van der Waals surface area contributed by atoms with Crippen molar-refractivity contribution in [2.75, 3.05) is 20.8 Å². The van der Waals surface area contributed by atoms with E-state index in [0.29, 0.717) is 22.3 Å². The molecule has 0 aliphatic carbocycles. The van der Waals surface area contributed by atoms with Gasteiger partial charge in [-0.1, -0.05) is 27.5 Å². The predicted octanol–water partition coefficient (Wildman–Crippen LogP) is 4.12. The molecule has 2 aromatic rings. The molecule has 2 aromatic carbocycles. The molecule has 0 saturated carbocycles. The quantitative estimate of drug-likeness (QED) is 0.721. The van der Waals surface area contributed by atoms with Crippen LogP contribution in [0.15, 0.2) is 34.8 Å². The van der Waals surface area contributed by atoms with Crippen LogP contribution in [0.4, 0.5) is 0 Å². The van der Waals surface area contributed by atoms with Crippen molar-refractivity contribution in [2.24, 2.45) is 0 Å². The molecular weight excluding hydrogens is 410 g/mol. The Hall–Kier alpha value is -1.92. The summed E-state index contributed by atoms with van der Waals surface area (Å²) in [7, 11) is 3.08. The summed E-state index contributed by atoms with van der Waals surface area (Å²) < 4.78 is 16.9. The number of hydrogen-bond acceptors (Lipinski definition) is 4. The summed E-state index contributed by atoms with van der Waals surface area (Å²) in [5.41, 5.74) is 1.77. The number of rotatable bonds is 7. The molecule has 0 fully saturated rings. The Morgan fingerprint density at radius 2 is 1.84 bits per heavy atom. The number of aryl methyl sites for hydroxylation is 1. The molecule has 0 bridgehead atoms. The van der Waals surface area contributed by atoms with Crippen molar-refractivity contribution in [3.05, 3.63) is 51.0 Å². The van der Waals surface area contributed by atoms with Gasteiger partial charge >= 0.3 is 0 Å². The molecule has 25 heavy (non-hydrogen) atoms. The summed E-state index contributed by atoms with van der Waals surface area (Å²) in [5.74, 6) is 1.49. The van der Waals surface area contributed by atoms with E-state index in [1.54, 1.807) is 25.3 Å². The number of halogens is 2. The molecule has 0 aliphatic heterocycles. The average molecular weight is 429 g/mol. The van der Waals surface area contributed by atoms with E-state index in [1.807, 2.05) is 19.1 Å². The molecule has 134 valence electrons. The number of benzene rings is 2. The molecule has 0 heterocycles. The van der Waals surface area contributed by atoms with E-state index in [0.717, 1.165) is 15.6 Å². The Morgan fingerprint density at radius 1 is 1.16 bits per heavy atom. The first kappa shape index (κ1) is 19.4. The van der Waals surface area contributed by atoms with Gasteiger partial charge in [-0.3, -0.25) is 4.79 Å². The topological polar surface area (TPSA) is 56.8 Å². The molecule has 0 aromatic heterocycles. The predicted molar refractivity (Wildman–Crippen MR) is 101 cm³/mol. The number of nitrogens with one attached hydrogen (secondary N) is 1. The fourth-order valence-corrected chi connectivity index (χ4v) is 2.60. The van der Waals surface area contributed by atoms with Gasteiger partial charge in [-0.25, -0.2) is 0 Å². The lowest BCUT2D eigenvalue weighted by molar-refractivity contribution is -0.123. The highest BCUT2D eigenvalue weighted by atomic mass is 79.9. The molecule has 0 aliphatic rings. The molecule has 1 N–H and O–H groups in total. The number of carbonyl (C=O) groups excluding carboxylic acids is 1. The highest BCUT2D eigenvalue weighted by molar-refractivity contribution is 9.10. The molecule has 0 atom stereocenters. The summed E-state index contributed by atoms with van der Waals surface area (Å²) in [5, 5.41) is 3.26. The van der Waals surface area contributed by atoms with Gasteiger partial charge in [-0.05, 0) is 42.3 Å². The van der Waals surface area contributed by atoms with Crippen molar-refractivity contribution in [2.45, 2.75) is 13.5 Å². The first-order chi connectivity index (χ1) is 11.9. The molecule has 1 amide bonds. The Balaban J connectivity index is 1.92. The smallest absolute Gasteiger partial charge is 0.258 e. The SMILES string of the molecule is COc1cc(Cl)c(CNC(=O)COc2ccc(Br)c(C)c2)cc1OC. The van der Waals surface area contributed by atoms with Crippen molar-refractivity contribution in [3.8, 4) is 17.2 Å². The van der Waals surface area contributed by atoms with E-state index >= 15 is 0 Å². The van der Waals surface area contributed by atoms with Gasteiger partial charge in [0.15, 0.2) is 18.1 Å². The summed E-state index contributed by atoms with van der Waals surface area (Å²) in [4.78, 5) is 12.0. The van der Waals surface area contributed by atoms with Gasteiger partial charge in [0.25, 0.3) is 5.91 Å². The van der Waals surface area contributed by atoms with Gasteiger partial charge in [0.05, 0.1) is 14.2 Å². The van der Waals surface area contributed by atoms with E-state index < -0.39 is 0 Å². The van der Waals surface area contributed by atoms with Crippen molar-refractivity contribution < 1.29 is 19.0 Å². The Bertz CT molecular complexity index is 767. The minimum atomic E-state index is -0.244. The van der Waals surface area contributed by atoms with Crippen LogP contribution < -0.4 is 19.5 Å². The molecule has 2 rings (SSSR count). The van der Waals surface area contributed by atoms with Crippen molar-refractivity contribution in [1.82, 2.24) is 5.32 Å². The van der Waals surface area contributed by atoms with Crippen LogP contribution in [0.2, 0.25) is 5.02 Å². The summed E-state index contributed by atoms with van der Waals surface area (Å²) in [6.45, 7) is 2.14. The standard InChI is InChI=1S/C18H19BrClNO4/c1-11-6-13(4-5-14(11)19)25-10-18(22)21-9-12-7-16(23-2)17(24-3)8-15(12)20/h4-8H,9-10H2,1-3H3,(H,21,22). The molecule has 0 radical (unpaired) electrons. The number of amides is 1. The summed E-state index contributed by atoms with van der Waals surface area (Å²) in [6.07, 6.45) is 0. The first-order valence-electron chi connectivity index (χ1n) is 7.50. The lowest BCUT2D eigenvalue weighted by atomic mass is 10.2. The number of carbonyl (C=O) groups is 1. The summed E-state index contributed by atoms with van der Waals surface area (Å²) in [6, 6.07) is 8.94. The number of methoxy groups -OCH3 is 2. The van der Waals surface area contributed by atoms with Crippen molar-refractivity contribution >= 4 is 33.4 Å². The van der Waals surface area contributed by atoms with E-state index in [9.17, 15) is 4.79 Å². The molecule has 0 saturated heterocycles. The Morgan fingerprint density at radius 3 is 2.48 bits per heavy atom. The summed E-state index contributed by atoms with van der Waals surface area (Å²) >= 11 is 9.63. The second-order valence-electron chi connectivity index (χ2n) is 5.27. The molecule has 5 nitrogen and oxygen atoms in total. The maximum Gasteiger partial charge on any atom is 0.258 e. The van der Waals surface area contributed by atoms with E-state index in [1.165, 1.54) is 7.11 Å². The van der Waals surface area contributed by atoms with Gasteiger partial charge in [-0.15, -0.1) is 0 Å². The van der Waals surface area contributed by atoms with Crippen LogP contribution in [0, 0.1) is 6.92 Å². The molecular formula is C18H19BrClNO4. The maximum atomic E-state index is 12.0. The lowest BCUT2D eigenvalue weighted by Crippen LogP contribution is -2.28. The van der Waals surface area contributed by atoms with Crippen molar-refractivity contribution in [1.29, 1.82) is 0 Å². The molecule has 7 heteroatoms. The zero-order chi connectivity index (χ0) is 18.4. The fourth-order valence-electron chi connectivity index (χ4n) is 2.13. The van der Waals surface area contributed by atoms with Crippen LogP contribution in [0.1, 0.15) is 11.1 Å². The van der Waals surface area contributed by atoms with Crippen LogP contribution in [-0.2, 0) is 11.3 Å². The van der Waals surface area contributed by atoms with Crippen LogP contribution in [0.3, 0.4) is 0 Å². The van der Waals surface area contributed by atoms with Gasteiger partial charge in [0.2, 0.25) is 0 Å². The van der Waals surface area contributed by atoms with Crippen LogP contribution in [0.25, 0.3) is 0 Å². The third kappa shape index (κ3) is 5.28. The van der Waals surface area contributed by atoms with E-state index in [2.05, 4.69) is 21.2 Å². The van der Waals surface area contributed by atoms with Gasteiger partial charge in [0, 0.05) is 22.1 Å². The third-order valence-electron chi connectivity index (χ3n) is 3.53. The highest BCUT2D eigenvalue weighted by Crippen LogP contribution is 2.33.